The lowest BCUT2D eigenvalue weighted by atomic mass is 10.0. The summed E-state index contributed by atoms with van der Waals surface area (Å²) in [6, 6.07) is 8.48. The monoisotopic (exact) mass is 247 g/mol. The lowest BCUT2D eigenvalue weighted by molar-refractivity contribution is -0.136. The van der Waals surface area contributed by atoms with Gasteiger partial charge in [0.2, 0.25) is 5.56 Å². The fourth-order valence-corrected chi connectivity index (χ4v) is 1.71. The number of aliphatic carboxylic acids is 1. The van der Waals surface area contributed by atoms with Crippen molar-refractivity contribution in [1.82, 2.24) is 4.98 Å². The maximum absolute atomic E-state index is 12.8. The van der Waals surface area contributed by atoms with E-state index in [-0.39, 0.29) is 17.8 Å². The van der Waals surface area contributed by atoms with Gasteiger partial charge in [0.25, 0.3) is 0 Å². The summed E-state index contributed by atoms with van der Waals surface area (Å²) >= 11 is 0. The summed E-state index contributed by atoms with van der Waals surface area (Å²) < 4.78 is 12.8. The summed E-state index contributed by atoms with van der Waals surface area (Å²) in [6.45, 7) is 0. The molecule has 2 rings (SSSR count). The third-order valence-electron chi connectivity index (χ3n) is 2.48. The average Bonchev–Trinajstić information content (AvgIpc) is 2.30. The van der Waals surface area contributed by atoms with E-state index in [0.29, 0.717) is 16.8 Å². The van der Waals surface area contributed by atoms with Crippen molar-refractivity contribution in [3.63, 3.8) is 0 Å². The normalized spacial score (nSPS) is 10.3. The topological polar surface area (TPSA) is 70.2 Å². The summed E-state index contributed by atoms with van der Waals surface area (Å²) in [4.78, 5) is 24.4. The van der Waals surface area contributed by atoms with Crippen molar-refractivity contribution in [3.8, 4) is 11.1 Å². The third-order valence-corrected chi connectivity index (χ3v) is 2.48. The van der Waals surface area contributed by atoms with Gasteiger partial charge in [-0.05, 0) is 23.8 Å². The van der Waals surface area contributed by atoms with Crippen LogP contribution in [-0.4, -0.2) is 16.1 Å². The second-order valence-electron chi connectivity index (χ2n) is 3.79. The van der Waals surface area contributed by atoms with E-state index in [1.807, 2.05) is 0 Å². The van der Waals surface area contributed by atoms with Gasteiger partial charge >= 0.3 is 5.97 Å². The second kappa shape index (κ2) is 4.83. The van der Waals surface area contributed by atoms with E-state index >= 15 is 0 Å². The number of halogens is 1. The predicted octanol–water partition coefficient (Wildman–Crippen LogP) is 1.81. The highest BCUT2D eigenvalue weighted by atomic mass is 19.1. The summed E-state index contributed by atoms with van der Waals surface area (Å²) in [5.74, 6) is -1.41. The molecule has 0 amide bonds. The second-order valence-corrected chi connectivity index (χ2v) is 3.79. The smallest absolute Gasteiger partial charge is 0.309 e. The molecule has 0 aliphatic heterocycles. The van der Waals surface area contributed by atoms with Crippen molar-refractivity contribution in [1.29, 1.82) is 0 Å². The fraction of sp³-hybridized carbons (Fsp3) is 0.0769. The molecule has 1 heterocycles. The van der Waals surface area contributed by atoms with Crippen molar-refractivity contribution in [2.75, 3.05) is 0 Å². The van der Waals surface area contributed by atoms with Gasteiger partial charge in [0.05, 0.1) is 6.42 Å². The molecule has 0 saturated carbocycles. The summed E-state index contributed by atoms with van der Waals surface area (Å²) in [7, 11) is 0. The van der Waals surface area contributed by atoms with E-state index in [4.69, 9.17) is 5.11 Å². The van der Waals surface area contributed by atoms with Gasteiger partial charge in [-0.2, -0.15) is 0 Å². The number of aromatic amines is 1. The molecular weight excluding hydrogens is 237 g/mol. The number of hydrogen-bond donors (Lipinski definition) is 2. The lowest BCUT2D eigenvalue weighted by Gasteiger charge is -2.07. The Labute approximate surface area is 102 Å². The lowest BCUT2D eigenvalue weighted by Crippen LogP contribution is -2.12. The maximum atomic E-state index is 12.8. The van der Waals surface area contributed by atoms with Crippen molar-refractivity contribution >= 4 is 5.97 Å². The Balaban J connectivity index is 2.52. The zero-order chi connectivity index (χ0) is 13.1. The molecule has 0 bridgehead atoms. The molecule has 92 valence electrons. The first-order chi connectivity index (χ1) is 8.56. The number of benzene rings is 1. The van der Waals surface area contributed by atoms with E-state index in [0.717, 1.165) is 0 Å². The molecule has 0 unspecified atom stereocenters. The van der Waals surface area contributed by atoms with E-state index in [1.165, 1.54) is 36.4 Å². The molecule has 1 aromatic carbocycles. The fourth-order valence-electron chi connectivity index (χ4n) is 1.71. The molecular formula is C13H10FNO3. The standard InChI is InChI=1S/C13H10FNO3/c14-9-3-1-8(2-4-9)10-5-6-12(16)15-11(10)7-13(17)18/h1-6H,7H2,(H,15,16)(H,17,18). The van der Waals surface area contributed by atoms with Crippen LogP contribution in [-0.2, 0) is 11.2 Å². The molecule has 4 nitrogen and oxygen atoms in total. The van der Waals surface area contributed by atoms with E-state index in [9.17, 15) is 14.0 Å². The minimum atomic E-state index is -1.04. The van der Waals surface area contributed by atoms with Gasteiger partial charge in [0.15, 0.2) is 0 Å². The van der Waals surface area contributed by atoms with Crippen LogP contribution in [0.15, 0.2) is 41.2 Å². The average molecular weight is 247 g/mol. The number of aromatic nitrogens is 1. The zero-order valence-electron chi connectivity index (χ0n) is 9.31. The van der Waals surface area contributed by atoms with Gasteiger partial charge in [-0.15, -0.1) is 0 Å². The third kappa shape index (κ3) is 2.63. The largest absolute Gasteiger partial charge is 0.481 e. The molecule has 1 aromatic heterocycles. The van der Waals surface area contributed by atoms with Crippen LogP contribution in [0, 0.1) is 5.82 Å². The van der Waals surface area contributed by atoms with Gasteiger partial charge in [-0.1, -0.05) is 12.1 Å². The van der Waals surface area contributed by atoms with Crippen LogP contribution in [0.4, 0.5) is 4.39 Å². The van der Waals surface area contributed by atoms with Crippen LogP contribution in [0.2, 0.25) is 0 Å². The number of pyridine rings is 1. The number of hydrogen-bond acceptors (Lipinski definition) is 2. The molecule has 2 aromatic rings. The van der Waals surface area contributed by atoms with E-state index in [1.54, 1.807) is 0 Å². The van der Waals surface area contributed by atoms with E-state index in [2.05, 4.69) is 4.98 Å². The molecule has 0 aliphatic carbocycles. The maximum Gasteiger partial charge on any atom is 0.309 e. The minimum Gasteiger partial charge on any atom is -0.481 e. The Morgan fingerprint density at radius 3 is 2.44 bits per heavy atom. The molecule has 0 spiro atoms. The molecule has 5 heteroatoms. The number of rotatable bonds is 3. The molecule has 0 radical (unpaired) electrons. The van der Waals surface area contributed by atoms with Crippen molar-refractivity contribution in [2.45, 2.75) is 6.42 Å². The highest BCUT2D eigenvalue weighted by molar-refractivity contribution is 5.75. The summed E-state index contributed by atoms with van der Waals surface area (Å²) in [6.07, 6.45) is -0.289. The van der Waals surface area contributed by atoms with Gasteiger partial charge < -0.3 is 10.1 Å². The zero-order valence-corrected chi connectivity index (χ0v) is 9.31. The van der Waals surface area contributed by atoms with Crippen LogP contribution in [0.1, 0.15) is 5.69 Å². The molecule has 2 N–H and O–H groups in total. The SMILES string of the molecule is O=C(O)Cc1[nH]c(=O)ccc1-c1ccc(F)cc1. The molecule has 0 saturated heterocycles. The molecule has 0 aliphatic rings. The van der Waals surface area contributed by atoms with Gasteiger partial charge in [0.1, 0.15) is 5.82 Å². The first kappa shape index (κ1) is 12.0. The van der Waals surface area contributed by atoms with E-state index < -0.39 is 5.97 Å². The Morgan fingerprint density at radius 1 is 1.17 bits per heavy atom. The number of carbonyl (C=O) groups is 1. The van der Waals surface area contributed by atoms with Crippen molar-refractivity contribution in [2.24, 2.45) is 0 Å². The Morgan fingerprint density at radius 2 is 1.83 bits per heavy atom. The molecule has 0 fully saturated rings. The van der Waals surface area contributed by atoms with Crippen LogP contribution in [0.25, 0.3) is 11.1 Å². The predicted molar refractivity (Wildman–Crippen MR) is 63.8 cm³/mol. The van der Waals surface area contributed by atoms with Crippen molar-refractivity contribution in [3.05, 3.63) is 58.3 Å². The molecule has 0 atom stereocenters. The Kier molecular flexibility index (Phi) is 3.23. The highest BCUT2D eigenvalue weighted by Gasteiger charge is 2.09. The number of carboxylic acid groups (broad SMARTS) is 1. The van der Waals surface area contributed by atoms with Gasteiger partial charge in [-0.25, -0.2) is 4.39 Å². The van der Waals surface area contributed by atoms with Crippen LogP contribution in [0.5, 0.6) is 0 Å². The quantitative estimate of drug-likeness (QED) is 0.868. The number of carboxylic acids is 1. The number of nitrogens with one attached hydrogen (secondary N) is 1. The minimum absolute atomic E-state index is 0.289. The first-order valence-corrected chi connectivity index (χ1v) is 5.26. The van der Waals surface area contributed by atoms with Crippen molar-refractivity contribution < 1.29 is 14.3 Å². The Hall–Kier alpha value is -2.43. The number of H-pyrrole nitrogens is 1. The van der Waals surface area contributed by atoms with Gasteiger partial charge in [0, 0.05) is 17.3 Å². The van der Waals surface area contributed by atoms with Crippen LogP contribution < -0.4 is 5.56 Å². The summed E-state index contributed by atoms with van der Waals surface area (Å²) in [5.41, 5.74) is 1.18. The molecule has 18 heavy (non-hydrogen) atoms. The highest BCUT2D eigenvalue weighted by Crippen LogP contribution is 2.21. The Bertz CT molecular complexity index is 631. The van der Waals surface area contributed by atoms with Gasteiger partial charge in [-0.3, -0.25) is 9.59 Å². The first-order valence-electron chi connectivity index (χ1n) is 5.26. The van der Waals surface area contributed by atoms with Crippen LogP contribution >= 0.6 is 0 Å². The van der Waals surface area contributed by atoms with Crippen LogP contribution in [0.3, 0.4) is 0 Å². The summed E-state index contributed by atoms with van der Waals surface area (Å²) in [5, 5.41) is 8.79.